The van der Waals surface area contributed by atoms with E-state index >= 15 is 0 Å². The number of anilines is 1. The number of aromatic nitrogens is 1. The van der Waals surface area contributed by atoms with E-state index in [1.807, 2.05) is 30.5 Å². The Morgan fingerprint density at radius 3 is 2.86 bits per heavy atom. The Labute approximate surface area is 125 Å². The molecule has 0 unspecified atom stereocenters. The van der Waals surface area contributed by atoms with Crippen molar-refractivity contribution in [2.75, 3.05) is 5.32 Å². The third-order valence-electron chi connectivity index (χ3n) is 3.31. The van der Waals surface area contributed by atoms with Gasteiger partial charge in [-0.25, -0.2) is 0 Å². The second-order valence-electron chi connectivity index (χ2n) is 4.70. The first-order valence-electron chi connectivity index (χ1n) is 6.68. The van der Waals surface area contributed by atoms with Crippen LogP contribution in [-0.4, -0.2) is 10.9 Å². The number of nitrogens with one attached hydrogen (secondary N) is 2. The van der Waals surface area contributed by atoms with Gasteiger partial charge in [0.2, 0.25) is 5.56 Å². The predicted octanol–water partition coefficient (Wildman–Crippen LogP) is 3.40. The summed E-state index contributed by atoms with van der Waals surface area (Å²) < 4.78 is 0. The first-order chi connectivity index (χ1) is 10.2. The molecule has 0 spiro atoms. The lowest BCUT2D eigenvalue weighted by Gasteiger charge is -2.07. The summed E-state index contributed by atoms with van der Waals surface area (Å²) >= 11 is 1.39. The molecular formula is C16H14N2O2S. The fourth-order valence-electron chi connectivity index (χ4n) is 2.30. The van der Waals surface area contributed by atoms with E-state index in [1.165, 1.54) is 11.3 Å². The summed E-state index contributed by atoms with van der Waals surface area (Å²) in [6.45, 7) is 2.01. The lowest BCUT2D eigenvalue weighted by Crippen LogP contribution is -2.11. The van der Waals surface area contributed by atoms with Gasteiger partial charge in [-0.1, -0.05) is 19.1 Å². The van der Waals surface area contributed by atoms with Gasteiger partial charge < -0.3 is 10.3 Å². The van der Waals surface area contributed by atoms with E-state index in [-0.39, 0.29) is 11.5 Å². The first-order valence-corrected chi connectivity index (χ1v) is 7.56. The Morgan fingerprint density at radius 1 is 1.29 bits per heavy atom. The number of fused-ring (bicyclic) bond motifs is 1. The summed E-state index contributed by atoms with van der Waals surface area (Å²) in [4.78, 5) is 27.1. The van der Waals surface area contributed by atoms with Gasteiger partial charge in [-0.3, -0.25) is 9.59 Å². The highest BCUT2D eigenvalue weighted by molar-refractivity contribution is 7.12. The van der Waals surface area contributed by atoms with Crippen molar-refractivity contribution in [3.8, 4) is 0 Å². The largest absolute Gasteiger partial charge is 0.322 e. The zero-order valence-electron chi connectivity index (χ0n) is 11.5. The standard InChI is InChI=1S/C16H14N2O2S/c1-2-10-8-15(19)18-13-9-11(5-6-12(10)13)17-16(20)14-4-3-7-21-14/h3-9H,2H2,1H3,(H,17,20)(H,18,19). The minimum absolute atomic E-state index is 0.124. The number of aromatic amines is 1. The molecule has 2 heterocycles. The number of amides is 1. The molecule has 0 atom stereocenters. The van der Waals surface area contributed by atoms with E-state index < -0.39 is 0 Å². The molecule has 3 rings (SSSR count). The van der Waals surface area contributed by atoms with Crippen molar-refractivity contribution >= 4 is 33.8 Å². The van der Waals surface area contributed by atoms with Gasteiger partial charge in [-0.15, -0.1) is 11.3 Å². The summed E-state index contributed by atoms with van der Waals surface area (Å²) in [5, 5.41) is 5.71. The minimum Gasteiger partial charge on any atom is -0.322 e. The Kier molecular flexibility index (Phi) is 3.58. The average Bonchev–Trinajstić information content (AvgIpc) is 3.00. The maximum Gasteiger partial charge on any atom is 0.265 e. The van der Waals surface area contributed by atoms with Crippen LogP contribution in [-0.2, 0) is 6.42 Å². The van der Waals surface area contributed by atoms with Crippen molar-refractivity contribution in [2.45, 2.75) is 13.3 Å². The number of rotatable bonds is 3. The van der Waals surface area contributed by atoms with Crippen molar-refractivity contribution in [3.63, 3.8) is 0 Å². The summed E-state index contributed by atoms with van der Waals surface area (Å²) in [7, 11) is 0. The lowest BCUT2D eigenvalue weighted by molar-refractivity contribution is 0.103. The molecule has 5 heteroatoms. The number of aryl methyl sites for hydroxylation is 1. The quantitative estimate of drug-likeness (QED) is 0.778. The highest BCUT2D eigenvalue weighted by atomic mass is 32.1. The van der Waals surface area contributed by atoms with E-state index in [0.29, 0.717) is 10.6 Å². The number of carbonyl (C=O) groups is 1. The zero-order chi connectivity index (χ0) is 14.8. The second kappa shape index (κ2) is 5.54. The van der Waals surface area contributed by atoms with Crippen LogP contribution >= 0.6 is 11.3 Å². The van der Waals surface area contributed by atoms with E-state index in [1.54, 1.807) is 18.2 Å². The molecule has 0 saturated carbocycles. The molecule has 0 aliphatic rings. The molecular weight excluding hydrogens is 284 g/mol. The molecule has 0 aliphatic carbocycles. The highest BCUT2D eigenvalue weighted by Crippen LogP contribution is 2.21. The topological polar surface area (TPSA) is 62.0 Å². The van der Waals surface area contributed by atoms with Crippen LogP contribution in [0.3, 0.4) is 0 Å². The number of benzene rings is 1. The fraction of sp³-hybridized carbons (Fsp3) is 0.125. The van der Waals surface area contributed by atoms with Crippen molar-refractivity contribution in [2.24, 2.45) is 0 Å². The predicted molar refractivity (Wildman–Crippen MR) is 86.2 cm³/mol. The molecule has 0 aliphatic heterocycles. The summed E-state index contributed by atoms with van der Waals surface area (Å²) in [6.07, 6.45) is 0.793. The average molecular weight is 298 g/mol. The molecule has 0 saturated heterocycles. The van der Waals surface area contributed by atoms with Crippen LogP contribution < -0.4 is 10.9 Å². The molecule has 0 fully saturated rings. The molecule has 2 N–H and O–H groups in total. The van der Waals surface area contributed by atoms with Gasteiger partial charge in [0, 0.05) is 17.1 Å². The number of hydrogen-bond donors (Lipinski definition) is 2. The van der Waals surface area contributed by atoms with E-state index in [4.69, 9.17) is 0 Å². The summed E-state index contributed by atoms with van der Waals surface area (Å²) in [6, 6.07) is 10.8. The molecule has 106 valence electrons. The van der Waals surface area contributed by atoms with Gasteiger partial charge in [0.05, 0.1) is 10.4 Å². The maximum absolute atomic E-state index is 12.0. The molecule has 1 amide bonds. The van der Waals surface area contributed by atoms with E-state index in [2.05, 4.69) is 10.3 Å². The van der Waals surface area contributed by atoms with E-state index in [9.17, 15) is 9.59 Å². The maximum atomic E-state index is 12.0. The molecule has 3 aromatic rings. The fourth-order valence-corrected chi connectivity index (χ4v) is 2.92. The monoisotopic (exact) mass is 298 g/mol. The molecule has 0 bridgehead atoms. The Bertz CT molecular complexity index is 850. The Hall–Kier alpha value is -2.40. The number of thiophene rings is 1. The number of pyridine rings is 1. The van der Waals surface area contributed by atoms with Gasteiger partial charge >= 0.3 is 0 Å². The van der Waals surface area contributed by atoms with Gasteiger partial charge in [-0.2, -0.15) is 0 Å². The molecule has 21 heavy (non-hydrogen) atoms. The highest BCUT2D eigenvalue weighted by Gasteiger charge is 2.08. The van der Waals surface area contributed by atoms with Crippen LogP contribution in [0.1, 0.15) is 22.2 Å². The SMILES string of the molecule is CCc1cc(=O)[nH]c2cc(NC(=O)c3cccs3)ccc12. The smallest absolute Gasteiger partial charge is 0.265 e. The van der Waals surface area contributed by atoms with Gasteiger partial charge in [-0.05, 0) is 35.6 Å². The van der Waals surface area contributed by atoms with Crippen molar-refractivity contribution < 1.29 is 4.79 Å². The summed E-state index contributed by atoms with van der Waals surface area (Å²) in [5.74, 6) is -0.140. The van der Waals surface area contributed by atoms with E-state index in [0.717, 1.165) is 22.9 Å². The van der Waals surface area contributed by atoms with Gasteiger partial charge in [0.1, 0.15) is 0 Å². The van der Waals surface area contributed by atoms with Crippen molar-refractivity contribution in [3.05, 3.63) is 62.6 Å². The van der Waals surface area contributed by atoms with Crippen LogP contribution in [0.4, 0.5) is 5.69 Å². The molecule has 4 nitrogen and oxygen atoms in total. The Balaban J connectivity index is 1.98. The molecule has 2 aromatic heterocycles. The normalized spacial score (nSPS) is 10.7. The molecule has 1 aromatic carbocycles. The Morgan fingerprint density at radius 2 is 2.14 bits per heavy atom. The van der Waals surface area contributed by atoms with Crippen molar-refractivity contribution in [1.82, 2.24) is 4.98 Å². The third kappa shape index (κ3) is 2.73. The first kappa shape index (κ1) is 13.6. The van der Waals surface area contributed by atoms with Crippen molar-refractivity contribution in [1.29, 1.82) is 0 Å². The van der Waals surface area contributed by atoms with Crippen LogP contribution in [0.5, 0.6) is 0 Å². The lowest BCUT2D eigenvalue weighted by atomic mass is 10.1. The number of hydrogen-bond acceptors (Lipinski definition) is 3. The second-order valence-corrected chi connectivity index (χ2v) is 5.65. The summed E-state index contributed by atoms with van der Waals surface area (Å²) in [5.41, 5.74) is 2.29. The van der Waals surface area contributed by atoms with Crippen LogP contribution in [0.25, 0.3) is 10.9 Å². The van der Waals surface area contributed by atoms with Crippen LogP contribution in [0.2, 0.25) is 0 Å². The molecule has 0 radical (unpaired) electrons. The zero-order valence-corrected chi connectivity index (χ0v) is 12.3. The number of carbonyl (C=O) groups excluding carboxylic acids is 1. The van der Waals surface area contributed by atoms with Crippen LogP contribution in [0.15, 0.2) is 46.6 Å². The number of H-pyrrole nitrogens is 1. The van der Waals surface area contributed by atoms with Gasteiger partial charge in [0.25, 0.3) is 5.91 Å². The third-order valence-corrected chi connectivity index (χ3v) is 4.18. The van der Waals surface area contributed by atoms with Crippen LogP contribution in [0, 0.1) is 0 Å². The minimum atomic E-state index is -0.140. The van der Waals surface area contributed by atoms with Gasteiger partial charge in [0.15, 0.2) is 0 Å².